The van der Waals surface area contributed by atoms with Crippen LogP contribution in [-0.4, -0.2) is 4.57 Å². The van der Waals surface area contributed by atoms with Crippen molar-refractivity contribution in [2.75, 3.05) is 0 Å². The van der Waals surface area contributed by atoms with Gasteiger partial charge in [0.1, 0.15) is 0 Å². The largest absolute Gasteiger partial charge is 0.348 e. The first kappa shape index (κ1) is 10.5. The maximum Gasteiger partial charge on any atom is 0.0313 e. The standard InChI is InChI=1S/C13H20N2/c1-3-4-8-15-10(2)9-11-12(14)6-5-7-13(11)15/h3,9,12H,1,4-8,14H2,2H3. The van der Waals surface area contributed by atoms with E-state index in [9.17, 15) is 0 Å². The molecule has 0 aliphatic heterocycles. The smallest absolute Gasteiger partial charge is 0.0313 e. The van der Waals surface area contributed by atoms with Gasteiger partial charge in [0.25, 0.3) is 0 Å². The Labute approximate surface area is 91.8 Å². The lowest BCUT2D eigenvalue weighted by Gasteiger charge is -2.21. The molecule has 2 heteroatoms. The fraction of sp³-hybridized carbons (Fsp3) is 0.538. The van der Waals surface area contributed by atoms with E-state index in [0.717, 1.165) is 19.4 Å². The number of aryl methyl sites for hydroxylation is 1. The second kappa shape index (κ2) is 4.23. The molecule has 1 heterocycles. The van der Waals surface area contributed by atoms with Crippen LogP contribution in [0.1, 0.15) is 42.3 Å². The van der Waals surface area contributed by atoms with E-state index >= 15 is 0 Å². The molecule has 15 heavy (non-hydrogen) atoms. The molecule has 1 aromatic rings. The molecule has 0 bridgehead atoms. The number of fused-ring (bicyclic) bond motifs is 1. The third kappa shape index (κ3) is 1.86. The summed E-state index contributed by atoms with van der Waals surface area (Å²) < 4.78 is 2.41. The number of rotatable bonds is 3. The minimum atomic E-state index is 0.262. The van der Waals surface area contributed by atoms with Crippen molar-refractivity contribution in [3.05, 3.63) is 35.7 Å². The van der Waals surface area contributed by atoms with Crippen molar-refractivity contribution >= 4 is 0 Å². The average Bonchev–Trinajstić information content (AvgIpc) is 2.54. The predicted octanol–water partition coefficient (Wildman–Crippen LogP) is 2.71. The van der Waals surface area contributed by atoms with Crippen LogP contribution in [-0.2, 0) is 13.0 Å². The fourth-order valence-electron chi connectivity index (χ4n) is 2.53. The summed E-state index contributed by atoms with van der Waals surface area (Å²) in [6, 6.07) is 2.53. The highest BCUT2D eigenvalue weighted by Crippen LogP contribution is 2.30. The van der Waals surface area contributed by atoms with Crippen LogP contribution in [0.3, 0.4) is 0 Å². The number of aromatic nitrogens is 1. The molecule has 2 N–H and O–H groups in total. The molecular weight excluding hydrogens is 184 g/mol. The van der Waals surface area contributed by atoms with Gasteiger partial charge in [-0.25, -0.2) is 0 Å². The number of hydrogen-bond acceptors (Lipinski definition) is 1. The summed E-state index contributed by atoms with van der Waals surface area (Å²) in [5.41, 5.74) is 10.3. The quantitative estimate of drug-likeness (QED) is 0.754. The van der Waals surface area contributed by atoms with Crippen LogP contribution in [0.5, 0.6) is 0 Å². The first-order chi connectivity index (χ1) is 7.24. The molecule has 1 unspecified atom stereocenters. The Kier molecular flexibility index (Phi) is 2.96. The SMILES string of the molecule is C=CCCn1c(C)cc2c1CCCC2N. The van der Waals surface area contributed by atoms with Crippen molar-refractivity contribution in [3.8, 4) is 0 Å². The molecule has 2 nitrogen and oxygen atoms in total. The van der Waals surface area contributed by atoms with Gasteiger partial charge < -0.3 is 10.3 Å². The molecule has 1 aliphatic rings. The Morgan fingerprint density at radius 2 is 2.47 bits per heavy atom. The van der Waals surface area contributed by atoms with E-state index in [-0.39, 0.29) is 6.04 Å². The number of nitrogens with two attached hydrogens (primary N) is 1. The summed E-state index contributed by atoms with van der Waals surface area (Å²) in [6.45, 7) is 7.01. The Morgan fingerprint density at radius 3 is 3.20 bits per heavy atom. The normalized spacial score (nSPS) is 20.0. The average molecular weight is 204 g/mol. The summed E-state index contributed by atoms with van der Waals surface area (Å²) >= 11 is 0. The lowest BCUT2D eigenvalue weighted by atomic mass is 9.93. The van der Waals surface area contributed by atoms with E-state index < -0.39 is 0 Å². The van der Waals surface area contributed by atoms with Crippen LogP contribution in [0.15, 0.2) is 18.7 Å². The van der Waals surface area contributed by atoms with Crippen molar-refractivity contribution in [2.24, 2.45) is 5.73 Å². The number of nitrogens with zero attached hydrogens (tertiary/aromatic N) is 1. The van der Waals surface area contributed by atoms with Gasteiger partial charge in [-0.3, -0.25) is 0 Å². The first-order valence-electron chi connectivity index (χ1n) is 5.79. The minimum Gasteiger partial charge on any atom is -0.348 e. The molecule has 0 amide bonds. The summed E-state index contributed by atoms with van der Waals surface area (Å²) in [4.78, 5) is 0. The highest BCUT2D eigenvalue weighted by atomic mass is 15.0. The van der Waals surface area contributed by atoms with Crippen LogP contribution in [0.2, 0.25) is 0 Å². The Morgan fingerprint density at radius 1 is 1.67 bits per heavy atom. The summed E-state index contributed by atoms with van der Waals surface area (Å²) in [5, 5.41) is 0. The van der Waals surface area contributed by atoms with E-state index in [2.05, 4.69) is 24.1 Å². The third-order valence-electron chi connectivity index (χ3n) is 3.33. The van der Waals surface area contributed by atoms with Crippen molar-refractivity contribution in [1.29, 1.82) is 0 Å². The molecule has 2 rings (SSSR count). The van der Waals surface area contributed by atoms with E-state index in [1.165, 1.54) is 29.8 Å². The van der Waals surface area contributed by atoms with E-state index in [4.69, 9.17) is 5.73 Å². The van der Waals surface area contributed by atoms with Gasteiger partial charge in [0, 0.05) is 24.0 Å². The molecule has 0 saturated heterocycles. The zero-order valence-corrected chi connectivity index (χ0v) is 9.50. The van der Waals surface area contributed by atoms with Crippen molar-refractivity contribution in [2.45, 2.75) is 45.2 Å². The summed E-state index contributed by atoms with van der Waals surface area (Å²) in [6.07, 6.45) is 6.57. The topological polar surface area (TPSA) is 30.9 Å². The summed E-state index contributed by atoms with van der Waals surface area (Å²) in [7, 11) is 0. The maximum absolute atomic E-state index is 6.12. The number of hydrogen-bond donors (Lipinski definition) is 1. The highest BCUT2D eigenvalue weighted by Gasteiger charge is 2.21. The number of allylic oxidation sites excluding steroid dienone is 1. The molecule has 1 atom stereocenters. The fourth-order valence-corrected chi connectivity index (χ4v) is 2.53. The van der Waals surface area contributed by atoms with Gasteiger partial charge >= 0.3 is 0 Å². The Bertz CT molecular complexity index is 363. The zero-order valence-electron chi connectivity index (χ0n) is 9.50. The highest BCUT2D eigenvalue weighted by molar-refractivity contribution is 5.32. The van der Waals surface area contributed by atoms with Crippen molar-refractivity contribution < 1.29 is 0 Å². The second-order valence-electron chi connectivity index (χ2n) is 4.42. The van der Waals surface area contributed by atoms with Crippen LogP contribution in [0.25, 0.3) is 0 Å². The van der Waals surface area contributed by atoms with Gasteiger partial charge in [-0.2, -0.15) is 0 Å². The summed E-state index contributed by atoms with van der Waals surface area (Å²) in [5.74, 6) is 0. The van der Waals surface area contributed by atoms with E-state index in [1.807, 2.05) is 6.08 Å². The molecule has 0 aromatic carbocycles. The first-order valence-corrected chi connectivity index (χ1v) is 5.79. The van der Waals surface area contributed by atoms with Crippen molar-refractivity contribution in [3.63, 3.8) is 0 Å². The van der Waals surface area contributed by atoms with E-state index in [1.54, 1.807) is 0 Å². The Balaban J connectivity index is 2.33. The molecular formula is C13H20N2. The molecule has 0 fully saturated rings. The van der Waals surface area contributed by atoms with Crippen LogP contribution < -0.4 is 5.73 Å². The zero-order chi connectivity index (χ0) is 10.8. The van der Waals surface area contributed by atoms with Gasteiger partial charge in [-0.1, -0.05) is 6.08 Å². The van der Waals surface area contributed by atoms with Crippen LogP contribution >= 0.6 is 0 Å². The van der Waals surface area contributed by atoms with Gasteiger partial charge in [-0.15, -0.1) is 6.58 Å². The maximum atomic E-state index is 6.12. The van der Waals surface area contributed by atoms with Gasteiger partial charge in [0.2, 0.25) is 0 Å². The van der Waals surface area contributed by atoms with Gasteiger partial charge in [0.05, 0.1) is 0 Å². The molecule has 1 aliphatic carbocycles. The molecule has 1 aromatic heterocycles. The predicted molar refractivity (Wildman–Crippen MR) is 63.8 cm³/mol. The lowest BCUT2D eigenvalue weighted by Crippen LogP contribution is -2.18. The molecule has 0 saturated carbocycles. The van der Waals surface area contributed by atoms with Gasteiger partial charge in [0.15, 0.2) is 0 Å². The molecule has 0 spiro atoms. The monoisotopic (exact) mass is 204 g/mol. The van der Waals surface area contributed by atoms with Gasteiger partial charge in [-0.05, 0) is 44.2 Å². The van der Waals surface area contributed by atoms with Crippen LogP contribution in [0.4, 0.5) is 0 Å². The molecule has 82 valence electrons. The Hall–Kier alpha value is -1.02. The van der Waals surface area contributed by atoms with E-state index in [0.29, 0.717) is 0 Å². The lowest BCUT2D eigenvalue weighted by molar-refractivity contribution is 0.538. The third-order valence-corrected chi connectivity index (χ3v) is 3.33. The van der Waals surface area contributed by atoms with Crippen molar-refractivity contribution in [1.82, 2.24) is 4.57 Å². The minimum absolute atomic E-state index is 0.262. The van der Waals surface area contributed by atoms with Crippen LogP contribution in [0, 0.1) is 6.92 Å². The second-order valence-corrected chi connectivity index (χ2v) is 4.42. The molecule has 0 radical (unpaired) electrons.